The summed E-state index contributed by atoms with van der Waals surface area (Å²) in [6.45, 7) is 2.58. The zero-order chi connectivity index (χ0) is 20.1. The van der Waals surface area contributed by atoms with Gasteiger partial charge in [-0.2, -0.15) is 4.98 Å². The average Bonchev–Trinajstić information content (AvgIpc) is 3.23. The maximum atomic E-state index is 12.7. The number of hydrogen-bond donors (Lipinski definition) is 0. The number of aromatic nitrogens is 4. The van der Waals surface area contributed by atoms with Gasteiger partial charge < -0.3 is 8.98 Å². The normalized spacial score (nSPS) is 10.9. The molecule has 0 amide bonds. The molecule has 4 rings (SSSR count). The van der Waals surface area contributed by atoms with Gasteiger partial charge in [-0.05, 0) is 30.2 Å². The zero-order valence-electron chi connectivity index (χ0n) is 16.0. The van der Waals surface area contributed by atoms with E-state index in [2.05, 4.69) is 40.1 Å². The first kappa shape index (κ1) is 19.1. The lowest BCUT2D eigenvalue weighted by atomic mass is 10.1. The van der Waals surface area contributed by atoms with Crippen LogP contribution in [0.25, 0.3) is 0 Å². The topological polar surface area (TPSA) is 73.8 Å². The van der Waals surface area contributed by atoms with Gasteiger partial charge in [-0.25, -0.2) is 9.97 Å². The monoisotopic (exact) mass is 404 g/mol. The molecule has 0 N–H and O–H groups in total. The smallest absolute Gasteiger partial charge is 0.277 e. The Morgan fingerprint density at radius 1 is 1.10 bits per heavy atom. The first-order valence-corrected chi connectivity index (χ1v) is 10.2. The van der Waals surface area contributed by atoms with Crippen molar-refractivity contribution in [2.24, 2.45) is 0 Å². The van der Waals surface area contributed by atoms with Gasteiger partial charge >= 0.3 is 0 Å². The number of rotatable bonds is 7. The maximum Gasteiger partial charge on any atom is 0.277 e. The Bertz CT molecular complexity index is 1140. The summed E-state index contributed by atoms with van der Waals surface area (Å²) in [5.74, 6) is 1.54. The van der Waals surface area contributed by atoms with Gasteiger partial charge in [0.25, 0.3) is 5.56 Å². The van der Waals surface area contributed by atoms with Crippen molar-refractivity contribution in [3.8, 4) is 0 Å². The molecule has 0 aliphatic rings. The van der Waals surface area contributed by atoms with Crippen LogP contribution in [-0.4, -0.2) is 19.5 Å². The molecule has 4 aromatic rings. The van der Waals surface area contributed by atoms with Crippen molar-refractivity contribution in [2.45, 2.75) is 30.8 Å². The lowest BCUT2D eigenvalue weighted by molar-refractivity contribution is 0.478. The zero-order valence-corrected chi connectivity index (χ0v) is 16.8. The van der Waals surface area contributed by atoms with Crippen LogP contribution in [-0.2, 0) is 18.7 Å². The number of thioether (sulfide) groups is 1. The van der Waals surface area contributed by atoms with Gasteiger partial charge in [0.1, 0.15) is 12.1 Å². The molecule has 146 valence electrons. The molecule has 0 radical (unpaired) electrons. The average molecular weight is 404 g/mol. The summed E-state index contributed by atoms with van der Waals surface area (Å²) in [4.78, 5) is 25.1. The molecule has 0 aliphatic heterocycles. The second kappa shape index (κ2) is 8.87. The highest BCUT2D eigenvalue weighted by molar-refractivity contribution is 7.98. The van der Waals surface area contributed by atoms with E-state index in [1.54, 1.807) is 30.4 Å². The summed E-state index contributed by atoms with van der Waals surface area (Å²) < 4.78 is 7.48. The Labute approximate surface area is 172 Å². The van der Waals surface area contributed by atoms with Crippen LogP contribution in [0.1, 0.15) is 28.0 Å². The van der Waals surface area contributed by atoms with Crippen LogP contribution in [0.2, 0.25) is 0 Å². The number of nitrogens with zero attached hydrogens (tertiary/aromatic N) is 4. The van der Waals surface area contributed by atoms with Gasteiger partial charge in [0.15, 0.2) is 5.16 Å². The van der Waals surface area contributed by atoms with Crippen LogP contribution in [0.5, 0.6) is 0 Å². The lowest BCUT2D eigenvalue weighted by Crippen LogP contribution is -2.20. The van der Waals surface area contributed by atoms with Crippen molar-refractivity contribution < 1.29 is 4.42 Å². The highest BCUT2D eigenvalue weighted by atomic mass is 32.2. The van der Waals surface area contributed by atoms with E-state index in [4.69, 9.17) is 4.42 Å². The van der Waals surface area contributed by atoms with Crippen molar-refractivity contribution in [1.29, 1.82) is 0 Å². The van der Waals surface area contributed by atoms with Gasteiger partial charge in [-0.1, -0.05) is 41.6 Å². The van der Waals surface area contributed by atoms with Gasteiger partial charge in [-0.15, -0.1) is 0 Å². The van der Waals surface area contributed by atoms with Gasteiger partial charge in [0.2, 0.25) is 0 Å². The van der Waals surface area contributed by atoms with Crippen molar-refractivity contribution in [2.75, 3.05) is 0 Å². The predicted molar refractivity (Wildman–Crippen MR) is 112 cm³/mol. The van der Waals surface area contributed by atoms with Gasteiger partial charge in [0, 0.05) is 36.3 Å². The van der Waals surface area contributed by atoms with Crippen LogP contribution in [0.15, 0.2) is 81.9 Å². The molecule has 7 heteroatoms. The van der Waals surface area contributed by atoms with E-state index in [0.29, 0.717) is 23.7 Å². The van der Waals surface area contributed by atoms with E-state index >= 15 is 0 Å². The molecule has 0 unspecified atom stereocenters. The highest BCUT2D eigenvalue weighted by Crippen LogP contribution is 2.22. The van der Waals surface area contributed by atoms with Crippen molar-refractivity contribution in [1.82, 2.24) is 19.5 Å². The Morgan fingerprint density at radius 2 is 1.97 bits per heavy atom. The van der Waals surface area contributed by atoms with E-state index in [-0.39, 0.29) is 5.56 Å². The summed E-state index contributed by atoms with van der Waals surface area (Å²) >= 11 is 1.55. The molecule has 29 heavy (non-hydrogen) atoms. The number of hydrogen-bond acceptors (Lipinski definition) is 6. The van der Waals surface area contributed by atoms with E-state index < -0.39 is 0 Å². The molecular formula is C22H20N4O2S. The fraction of sp³-hybridized carbons (Fsp3) is 0.182. The number of aryl methyl sites for hydroxylation is 1. The second-order valence-corrected chi connectivity index (χ2v) is 7.70. The van der Waals surface area contributed by atoms with E-state index in [1.165, 1.54) is 17.5 Å². The fourth-order valence-electron chi connectivity index (χ4n) is 3.03. The quantitative estimate of drug-likeness (QED) is 0.344. The summed E-state index contributed by atoms with van der Waals surface area (Å²) in [5.41, 5.74) is 3.66. The van der Waals surface area contributed by atoms with Crippen LogP contribution in [0.4, 0.5) is 0 Å². The predicted octanol–water partition coefficient (Wildman–Crippen LogP) is 3.87. The molecular weight excluding hydrogens is 384 g/mol. The summed E-state index contributed by atoms with van der Waals surface area (Å²) in [6.07, 6.45) is 8.85. The molecule has 0 saturated carbocycles. The maximum absolute atomic E-state index is 12.7. The van der Waals surface area contributed by atoms with Crippen molar-refractivity contribution in [3.05, 3.63) is 106 Å². The summed E-state index contributed by atoms with van der Waals surface area (Å²) in [7, 11) is 0. The first-order valence-electron chi connectivity index (χ1n) is 9.22. The first-order chi connectivity index (χ1) is 14.2. The molecule has 0 saturated heterocycles. The molecule has 0 spiro atoms. The van der Waals surface area contributed by atoms with Gasteiger partial charge in [0.05, 0.1) is 12.8 Å². The Balaban J connectivity index is 1.63. The van der Waals surface area contributed by atoms with E-state index in [0.717, 1.165) is 17.1 Å². The molecule has 3 heterocycles. The van der Waals surface area contributed by atoms with E-state index in [9.17, 15) is 4.79 Å². The minimum absolute atomic E-state index is 0.226. The molecule has 6 nitrogen and oxygen atoms in total. The Hall–Kier alpha value is -3.19. The van der Waals surface area contributed by atoms with Crippen molar-refractivity contribution in [3.63, 3.8) is 0 Å². The molecule has 0 aliphatic carbocycles. The lowest BCUT2D eigenvalue weighted by Gasteiger charge is -2.13. The molecule has 0 fully saturated rings. The molecule has 0 bridgehead atoms. The Morgan fingerprint density at radius 3 is 2.72 bits per heavy atom. The largest absolute Gasteiger partial charge is 0.467 e. The van der Waals surface area contributed by atoms with Crippen LogP contribution in [0, 0.1) is 6.92 Å². The minimum Gasteiger partial charge on any atom is -0.467 e. The fourth-order valence-corrected chi connectivity index (χ4v) is 3.94. The third-order valence-electron chi connectivity index (χ3n) is 4.39. The van der Waals surface area contributed by atoms with Crippen LogP contribution >= 0.6 is 11.8 Å². The Kier molecular flexibility index (Phi) is 5.86. The number of furan rings is 1. The third kappa shape index (κ3) is 5.00. The van der Waals surface area contributed by atoms with Crippen LogP contribution in [0.3, 0.4) is 0 Å². The minimum atomic E-state index is -0.226. The second-order valence-electron chi connectivity index (χ2n) is 6.76. The molecule has 0 atom stereocenters. The third-order valence-corrected chi connectivity index (χ3v) is 5.46. The van der Waals surface area contributed by atoms with Gasteiger partial charge in [-0.3, -0.25) is 4.79 Å². The highest BCUT2D eigenvalue weighted by Gasteiger charge is 2.12. The number of benzene rings is 1. The molecule has 1 aromatic carbocycles. The summed E-state index contributed by atoms with van der Waals surface area (Å²) in [6, 6.07) is 12.1. The molecule has 3 aromatic heterocycles. The summed E-state index contributed by atoms with van der Waals surface area (Å²) in [5, 5.41) is 0.668. The van der Waals surface area contributed by atoms with Crippen molar-refractivity contribution >= 4 is 11.8 Å². The van der Waals surface area contributed by atoms with Crippen LogP contribution < -0.4 is 5.56 Å². The standard InChI is InChI=1S/C22H20N4O2S/c1-16-4-2-5-17(8-16)14-29-22-25-21(27)19(9-18-10-23-15-24-11-18)12-26(22)13-20-6-3-7-28-20/h2-8,10-12,15H,9,13-14H2,1H3. The van der Waals surface area contributed by atoms with E-state index in [1.807, 2.05) is 29.0 Å². The SMILES string of the molecule is Cc1cccc(CSc2nc(=O)c(Cc3cncnc3)cn2Cc2ccco2)c1.